The fourth-order valence-electron chi connectivity index (χ4n) is 1.59. The lowest BCUT2D eigenvalue weighted by atomic mass is 10.2. The van der Waals surface area contributed by atoms with Gasteiger partial charge in [0, 0.05) is 10.9 Å². The second-order valence-corrected chi connectivity index (χ2v) is 4.83. The maximum Gasteiger partial charge on any atom is 0.300 e. The summed E-state index contributed by atoms with van der Waals surface area (Å²) in [5.41, 5.74) is 1.24. The van der Waals surface area contributed by atoms with E-state index in [2.05, 4.69) is 9.38 Å². The van der Waals surface area contributed by atoms with E-state index in [1.54, 1.807) is 12.1 Å². The number of para-hydroxylation sites is 1. The third kappa shape index (κ3) is 1.16. The van der Waals surface area contributed by atoms with E-state index >= 15 is 0 Å². The van der Waals surface area contributed by atoms with Gasteiger partial charge in [-0.3, -0.25) is 0 Å². The van der Waals surface area contributed by atoms with Crippen molar-refractivity contribution in [3.05, 3.63) is 35.9 Å². The van der Waals surface area contributed by atoms with Gasteiger partial charge in [-0.05, 0) is 12.1 Å². The summed E-state index contributed by atoms with van der Waals surface area (Å²) in [6.07, 6.45) is 1.34. The van der Waals surface area contributed by atoms with Gasteiger partial charge < -0.3 is 0 Å². The minimum Gasteiger partial charge on any atom is -0.234 e. The van der Waals surface area contributed by atoms with Crippen LogP contribution in [-0.2, 0) is 10.0 Å². The standard InChI is InChI=1S/C10H6N2O2S/c13-15(14)10-8(6-11-15)5-7-3-1-2-4-9(7)12-10/h1-6H. The normalized spacial score (nSPS) is 16.8. The Bertz CT molecular complexity index is 690. The molecule has 0 spiro atoms. The van der Waals surface area contributed by atoms with Crippen LogP contribution in [0, 0.1) is 0 Å². The topological polar surface area (TPSA) is 59.4 Å². The predicted octanol–water partition coefficient (Wildman–Crippen LogP) is 1.36. The molecule has 1 aliphatic heterocycles. The van der Waals surface area contributed by atoms with E-state index in [4.69, 9.17) is 0 Å². The van der Waals surface area contributed by atoms with Crippen molar-refractivity contribution in [2.24, 2.45) is 4.40 Å². The number of rotatable bonds is 0. The summed E-state index contributed by atoms with van der Waals surface area (Å²) in [6, 6.07) is 9.16. The molecule has 0 unspecified atom stereocenters. The summed E-state index contributed by atoms with van der Waals surface area (Å²) in [7, 11) is -3.54. The lowest BCUT2D eigenvalue weighted by Gasteiger charge is -1.99. The largest absolute Gasteiger partial charge is 0.300 e. The van der Waals surface area contributed by atoms with Crippen molar-refractivity contribution < 1.29 is 8.42 Å². The van der Waals surface area contributed by atoms with Crippen LogP contribution < -0.4 is 0 Å². The molecule has 3 rings (SSSR count). The molecule has 74 valence electrons. The first kappa shape index (κ1) is 8.55. The average molecular weight is 218 g/mol. The zero-order valence-corrected chi connectivity index (χ0v) is 8.40. The van der Waals surface area contributed by atoms with Crippen molar-refractivity contribution in [2.45, 2.75) is 5.03 Å². The molecule has 1 aromatic heterocycles. The summed E-state index contributed by atoms with van der Waals surface area (Å²) in [6.45, 7) is 0. The summed E-state index contributed by atoms with van der Waals surface area (Å²) >= 11 is 0. The smallest absolute Gasteiger partial charge is 0.234 e. The average Bonchev–Trinajstić information content (AvgIpc) is 2.52. The van der Waals surface area contributed by atoms with Crippen LogP contribution in [0.15, 0.2) is 39.8 Å². The SMILES string of the molecule is O=S1(=O)N=Cc2cc3ccccc3nc21. The lowest BCUT2D eigenvalue weighted by Crippen LogP contribution is -1.97. The number of sulfonamides is 1. The molecule has 2 aromatic rings. The molecule has 0 radical (unpaired) electrons. The second kappa shape index (κ2) is 2.64. The molecule has 1 aromatic carbocycles. The Balaban J connectivity index is 2.47. The van der Waals surface area contributed by atoms with Gasteiger partial charge in [-0.15, -0.1) is 0 Å². The Kier molecular flexibility index (Phi) is 1.50. The van der Waals surface area contributed by atoms with Crippen LogP contribution in [0.1, 0.15) is 5.56 Å². The number of hydrogen-bond donors (Lipinski definition) is 0. The molecule has 0 fully saturated rings. The van der Waals surface area contributed by atoms with Gasteiger partial charge in [0.15, 0.2) is 5.03 Å². The fourth-order valence-corrected chi connectivity index (χ4v) is 2.57. The zero-order chi connectivity index (χ0) is 10.5. The van der Waals surface area contributed by atoms with Crippen molar-refractivity contribution in [1.82, 2.24) is 4.98 Å². The van der Waals surface area contributed by atoms with E-state index in [0.29, 0.717) is 11.1 Å². The third-order valence-electron chi connectivity index (χ3n) is 2.29. The van der Waals surface area contributed by atoms with Crippen LogP contribution in [0.25, 0.3) is 10.9 Å². The van der Waals surface area contributed by atoms with Crippen molar-refractivity contribution in [2.75, 3.05) is 0 Å². The van der Waals surface area contributed by atoms with E-state index in [9.17, 15) is 8.42 Å². The summed E-state index contributed by atoms with van der Waals surface area (Å²) in [4.78, 5) is 4.10. The molecule has 2 heterocycles. The Morgan fingerprint density at radius 1 is 1.13 bits per heavy atom. The highest BCUT2D eigenvalue weighted by Gasteiger charge is 2.24. The first-order valence-corrected chi connectivity index (χ1v) is 5.81. The van der Waals surface area contributed by atoms with E-state index in [0.717, 1.165) is 5.39 Å². The Hall–Kier alpha value is -1.75. The molecule has 0 aliphatic carbocycles. The number of hydrogen-bond acceptors (Lipinski definition) is 3. The molecule has 0 bridgehead atoms. The Morgan fingerprint density at radius 3 is 2.80 bits per heavy atom. The van der Waals surface area contributed by atoms with Gasteiger partial charge in [0.25, 0.3) is 10.0 Å². The minimum absolute atomic E-state index is 0.0567. The van der Waals surface area contributed by atoms with Gasteiger partial charge >= 0.3 is 0 Å². The number of fused-ring (bicyclic) bond motifs is 2. The quantitative estimate of drug-likeness (QED) is 0.670. The highest BCUT2D eigenvalue weighted by atomic mass is 32.2. The Morgan fingerprint density at radius 2 is 1.93 bits per heavy atom. The predicted molar refractivity (Wildman–Crippen MR) is 56.5 cm³/mol. The van der Waals surface area contributed by atoms with Gasteiger partial charge in [0.1, 0.15) is 0 Å². The first-order chi connectivity index (χ1) is 7.17. The monoisotopic (exact) mass is 218 g/mol. The molecule has 0 atom stereocenters. The van der Waals surface area contributed by atoms with E-state index < -0.39 is 10.0 Å². The van der Waals surface area contributed by atoms with Crippen LogP contribution in [-0.4, -0.2) is 19.6 Å². The molecule has 15 heavy (non-hydrogen) atoms. The summed E-state index contributed by atoms with van der Waals surface area (Å²) in [5.74, 6) is 0. The molecule has 1 aliphatic rings. The van der Waals surface area contributed by atoms with Crippen molar-refractivity contribution in [1.29, 1.82) is 0 Å². The van der Waals surface area contributed by atoms with Crippen molar-refractivity contribution in [3.8, 4) is 0 Å². The van der Waals surface area contributed by atoms with E-state index in [1.807, 2.05) is 18.2 Å². The summed E-state index contributed by atoms with van der Waals surface area (Å²) in [5, 5.41) is 0.973. The fraction of sp³-hybridized carbons (Fsp3) is 0. The molecule has 5 heteroatoms. The number of benzene rings is 1. The van der Waals surface area contributed by atoms with Crippen molar-refractivity contribution in [3.63, 3.8) is 0 Å². The summed E-state index contributed by atoms with van der Waals surface area (Å²) < 4.78 is 26.3. The molecule has 0 saturated heterocycles. The minimum atomic E-state index is -3.54. The number of nitrogens with zero attached hydrogens (tertiary/aromatic N) is 2. The maximum absolute atomic E-state index is 11.4. The van der Waals surface area contributed by atoms with Gasteiger partial charge in [-0.1, -0.05) is 18.2 Å². The van der Waals surface area contributed by atoms with E-state index in [1.165, 1.54) is 6.21 Å². The molecule has 0 amide bonds. The third-order valence-corrected chi connectivity index (χ3v) is 3.49. The van der Waals surface area contributed by atoms with Crippen LogP contribution in [0.5, 0.6) is 0 Å². The molecule has 0 N–H and O–H groups in total. The number of pyridine rings is 1. The second-order valence-electron chi connectivity index (χ2n) is 3.29. The molecule has 0 saturated carbocycles. The lowest BCUT2D eigenvalue weighted by molar-refractivity contribution is 0.596. The molecular formula is C10H6N2O2S. The highest BCUT2D eigenvalue weighted by molar-refractivity contribution is 7.90. The Labute approximate surface area is 86.3 Å². The highest BCUT2D eigenvalue weighted by Crippen LogP contribution is 2.24. The van der Waals surface area contributed by atoms with Crippen LogP contribution in [0.2, 0.25) is 0 Å². The van der Waals surface area contributed by atoms with E-state index in [-0.39, 0.29) is 5.03 Å². The van der Waals surface area contributed by atoms with Gasteiger partial charge in [-0.2, -0.15) is 12.8 Å². The van der Waals surface area contributed by atoms with Gasteiger partial charge in [-0.25, -0.2) is 4.98 Å². The zero-order valence-electron chi connectivity index (χ0n) is 7.58. The molecular weight excluding hydrogens is 212 g/mol. The van der Waals surface area contributed by atoms with Crippen molar-refractivity contribution >= 4 is 27.1 Å². The van der Waals surface area contributed by atoms with Gasteiger partial charge in [0.05, 0.1) is 11.7 Å². The first-order valence-electron chi connectivity index (χ1n) is 4.37. The molecule has 4 nitrogen and oxygen atoms in total. The van der Waals surface area contributed by atoms with Crippen LogP contribution in [0.4, 0.5) is 0 Å². The number of aromatic nitrogens is 1. The van der Waals surface area contributed by atoms with Crippen LogP contribution in [0.3, 0.4) is 0 Å². The van der Waals surface area contributed by atoms with Crippen LogP contribution >= 0.6 is 0 Å². The van der Waals surface area contributed by atoms with Gasteiger partial charge in [0.2, 0.25) is 0 Å². The maximum atomic E-state index is 11.4.